The highest BCUT2D eigenvalue weighted by atomic mass is 16.2. The molecule has 1 saturated carbocycles. The summed E-state index contributed by atoms with van der Waals surface area (Å²) >= 11 is 0. The molecule has 1 aliphatic rings. The lowest BCUT2D eigenvalue weighted by molar-refractivity contribution is -0.137. The van der Waals surface area contributed by atoms with Gasteiger partial charge in [-0.15, -0.1) is 0 Å². The van der Waals surface area contributed by atoms with Crippen molar-refractivity contribution in [3.63, 3.8) is 0 Å². The lowest BCUT2D eigenvalue weighted by atomic mass is 10.0. The molecule has 3 heteroatoms. The predicted octanol–water partition coefficient (Wildman–Crippen LogP) is 1.23. The van der Waals surface area contributed by atoms with E-state index in [9.17, 15) is 4.79 Å². The van der Waals surface area contributed by atoms with E-state index < -0.39 is 0 Å². The minimum Gasteiger partial charge on any atom is -0.342 e. The zero-order valence-corrected chi connectivity index (χ0v) is 9.55. The standard InChI is InChI=1S/C11H22N2O/c1-4-13(7-9(2)3)10(14)11(8-12)5-6-11/h9H,4-8,12H2,1-3H3. The lowest BCUT2D eigenvalue weighted by Gasteiger charge is -2.27. The highest BCUT2D eigenvalue weighted by Gasteiger charge is 2.50. The number of carbonyl (C=O) groups is 1. The summed E-state index contributed by atoms with van der Waals surface area (Å²) in [7, 11) is 0. The molecule has 0 spiro atoms. The third-order valence-corrected chi connectivity index (χ3v) is 2.95. The first-order chi connectivity index (χ1) is 6.55. The first-order valence-electron chi connectivity index (χ1n) is 5.55. The minimum absolute atomic E-state index is 0.176. The van der Waals surface area contributed by atoms with Gasteiger partial charge in [-0.25, -0.2) is 0 Å². The van der Waals surface area contributed by atoms with Crippen LogP contribution in [-0.2, 0) is 4.79 Å². The SMILES string of the molecule is CCN(CC(C)C)C(=O)C1(CN)CC1. The van der Waals surface area contributed by atoms with Crippen LogP contribution < -0.4 is 5.73 Å². The molecule has 0 unspecified atom stereocenters. The van der Waals surface area contributed by atoms with E-state index >= 15 is 0 Å². The van der Waals surface area contributed by atoms with Gasteiger partial charge in [-0.2, -0.15) is 0 Å². The molecule has 1 rings (SSSR count). The third kappa shape index (κ3) is 2.27. The molecule has 0 atom stereocenters. The van der Waals surface area contributed by atoms with E-state index in [1.807, 2.05) is 11.8 Å². The molecule has 1 fully saturated rings. The monoisotopic (exact) mass is 198 g/mol. The van der Waals surface area contributed by atoms with Gasteiger partial charge in [-0.05, 0) is 25.7 Å². The van der Waals surface area contributed by atoms with Crippen LogP contribution in [0.2, 0.25) is 0 Å². The predicted molar refractivity (Wildman–Crippen MR) is 57.8 cm³/mol. The fraction of sp³-hybridized carbons (Fsp3) is 0.909. The largest absolute Gasteiger partial charge is 0.342 e. The summed E-state index contributed by atoms with van der Waals surface area (Å²) in [6.45, 7) is 8.49. The average molecular weight is 198 g/mol. The molecule has 82 valence electrons. The second kappa shape index (κ2) is 4.30. The zero-order chi connectivity index (χ0) is 10.8. The Morgan fingerprint density at radius 1 is 1.50 bits per heavy atom. The van der Waals surface area contributed by atoms with E-state index in [1.165, 1.54) is 0 Å². The average Bonchev–Trinajstić information content (AvgIpc) is 2.93. The van der Waals surface area contributed by atoms with Crippen LogP contribution in [0.1, 0.15) is 33.6 Å². The Morgan fingerprint density at radius 3 is 2.36 bits per heavy atom. The van der Waals surface area contributed by atoms with Crippen molar-refractivity contribution in [1.29, 1.82) is 0 Å². The van der Waals surface area contributed by atoms with Crippen molar-refractivity contribution >= 4 is 5.91 Å². The van der Waals surface area contributed by atoms with Gasteiger partial charge in [0.05, 0.1) is 5.41 Å². The molecule has 0 aliphatic heterocycles. The molecular formula is C11H22N2O. The van der Waals surface area contributed by atoms with Crippen LogP contribution >= 0.6 is 0 Å². The number of nitrogens with zero attached hydrogens (tertiary/aromatic N) is 1. The smallest absolute Gasteiger partial charge is 0.230 e. The number of nitrogens with two attached hydrogens (primary N) is 1. The number of hydrogen-bond donors (Lipinski definition) is 1. The summed E-state index contributed by atoms with van der Waals surface area (Å²) in [5.74, 6) is 0.809. The molecule has 2 N–H and O–H groups in total. The summed E-state index contributed by atoms with van der Waals surface area (Å²) in [6, 6.07) is 0. The number of carbonyl (C=O) groups excluding carboxylic acids is 1. The lowest BCUT2D eigenvalue weighted by Crippen LogP contribution is -2.42. The van der Waals surface area contributed by atoms with Gasteiger partial charge >= 0.3 is 0 Å². The summed E-state index contributed by atoms with van der Waals surface area (Å²) in [5.41, 5.74) is 5.47. The third-order valence-electron chi connectivity index (χ3n) is 2.95. The van der Waals surface area contributed by atoms with Crippen molar-refractivity contribution in [3.8, 4) is 0 Å². The van der Waals surface area contributed by atoms with E-state index in [1.54, 1.807) is 0 Å². The van der Waals surface area contributed by atoms with Crippen LogP contribution in [0.25, 0.3) is 0 Å². The molecule has 14 heavy (non-hydrogen) atoms. The Hall–Kier alpha value is -0.570. The van der Waals surface area contributed by atoms with Crippen molar-refractivity contribution in [3.05, 3.63) is 0 Å². The molecule has 0 heterocycles. The van der Waals surface area contributed by atoms with Crippen LogP contribution in [0.3, 0.4) is 0 Å². The van der Waals surface area contributed by atoms with E-state index in [2.05, 4.69) is 13.8 Å². The first kappa shape index (κ1) is 11.5. The summed E-state index contributed by atoms with van der Waals surface area (Å²) in [5, 5.41) is 0. The number of rotatable bonds is 5. The molecule has 0 aromatic heterocycles. The van der Waals surface area contributed by atoms with Gasteiger partial charge in [0.1, 0.15) is 0 Å². The Morgan fingerprint density at radius 2 is 2.07 bits per heavy atom. The van der Waals surface area contributed by atoms with Gasteiger partial charge < -0.3 is 10.6 Å². The molecule has 3 nitrogen and oxygen atoms in total. The van der Waals surface area contributed by atoms with Crippen molar-refractivity contribution in [2.45, 2.75) is 33.6 Å². The fourth-order valence-corrected chi connectivity index (χ4v) is 1.79. The Bertz CT molecular complexity index is 209. The second-order valence-electron chi connectivity index (χ2n) is 4.72. The van der Waals surface area contributed by atoms with Crippen molar-refractivity contribution in [1.82, 2.24) is 4.90 Å². The highest BCUT2D eigenvalue weighted by Crippen LogP contribution is 2.46. The van der Waals surface area contributed by atoms with Gasteiger partial charge in [-0.3, -0.25) is 4.79 Å². The normalized spacial score (nSPS) is 18.4. The Labute approximate surface area is 86.6 Å². The van der Waals surface area contributed by atoms with Gasteiger partial charge in [0.25, 0.3) is 0 Å². The van der Waals surface area contributed by atoms with Gasteiger partial charge in [0, 0.05) is 19.6 Å². The van der Waals surface area contributed by atoms with E-state index in [0.717, 1.165) is 25.9 Å². The Balaban J connectivity index is 2.56. The minimum atomic E-state index is -0.176. The van der Waals surface area contributed by atoms with Gasteiger partial charge in [-0.1, -0.05) is 13.8 Å². The van der Waals surface area contributed by atoms with Crippen LogP contribution in [0.5, 0.6) is 0 Å². The summed E-state index contributed by atoms with van der Waals surface area (Å²) in [6.07, 6.45) is 1.97. The van der Waals surface area contributed by atoms with Crippen molar-refractivity contribution in [2.75, 3.05) is 19.6 Å². The van der Waals surface area contributed by atoms with Gasteiger partial charge in [0.15, 0.2) is 0 Å². The van der Waals surface area contributed by atoms with E-state index in [4.69, 9.17) is 5.73 Å². The molecule has 1 amide bonds. The number of amides is 1. The molecule has 1 aliphatic carbocycles. The molecule has 0 aromatic carbocycles. The zero-order valence-electron chi connectivity index (χ0n) is 9.55. The maximum absolute atomic E-state index is 12.1. The van der Waals surface area contributed by atoms with Crippen LogP contribution in [0.15, 0.2) is 0 Å². The number of hydrogen-bond acceptors (Lipinski definition) is 2. The maximum atomic E-state index is 12.1. The Kier molecular flexibility index (Phi) is 3.53. The van der Waals surface area contributed by atoms with E-state index in [-0.39, 0.29) is 11.3 Å². The quantitative estimate of drug-likeness (QED) is 0.722. The first-order valence-corrected chi connectivity index (χ1v) is 5.55. The fourth-order valence-electron chi connectivity index (χ4n) is 1.79. The molecule has 0 aromatic rings. The van der Waals surface area contributed by atoms with Gasteiger partial charge in [0.2, 0.25) is 5.91 Å². The molecule has 0 saturated heterocycles. The van der Waals surface area contributed by atoms with Crippen LogP contribution in [0.4, 0.5) is 0 Å². The van der Waals surface area contributed by atoms with E-state index in [0.29, 0.717) is 12.5 Å². The summed E-state index contributed by atoms with van der Waals surface area (Å²) < 4.78 is 0. The van der Waals surface area contributed by atoms with Crippen molar-refractivity contribution < 1.29 is 4.79 Å². The van der Waals surface area contributed by atoms with Crippen LogP contribution in [-0.4, -0.2) is 30.4 Å². The second-order valence-corrected chi connectivity index (χ2v) is 4.72. The van der Waals surface area contributed by atoms with Crippen LogP contribution in [0, 0.1) is 11.3 Å². The van der Waals surface area contributed by atoms with Crippen molar-refractivity contribution in [2.24, 2.45) is 17.1 Å². The summed E-state index contributed by atoms with van der Waals surface area (Å²) in [4.78, 5) is 14.0. The maximum Gasteiger partial charge on any atom is 0.230 e. The topological polar surface area (TPSA) is 46.3 Å². The molecular weight excluding hydrogens is 176 g/mol. The molecule has 0 radical (unpaired) electrons. The molecule has 0 bridgehead atoms. The highest BCUT2D eigenvalue weighted by molar-refractivity contribution is 5.85.